The molecule has 0 saturated heterocycles. The second-order valence-corrected chi connectivity index (χ2v) is 6.00. The second-order valence-electron chi connectivity index (χ2n) is 0.894. The third-order valence-electron chi connectivity index (χ3n) is 0. The SMILES string of the molecule is [O]=[Sb]([O-])([O-])[O-].[O]=[Sb]([O-])([O-])[O-]. The molecule has 0 fully saturated rings. The van der Waals surface area contributed by atoms with Crippen molar-refractivity contribution in [3.8, 4) is 0 Å². The van der Waals surface area contributed by atoms with Gasteiger partial charge in [-0.2, -0.15) is 0 Å². The summed E-state index contributed by atoms with van der Waals surface area (Å²) in [6.07, 6.45) is 0. The monoisotopic (exact) mass is 370 g/mol. The Morgan fingerprint density at radius 3 is 0.600 bits per heavy atom. The minimum absolute atomic E-state index is 6.10. The molecule has 0 aliphatic heterocycles. The standard InChI is InChI=1S/8O.2Sb/q;;6*-1;;. The Bertz CT molecular complexity index is 120. The minimum atomic E-state index is -6.10. The molecule has 0 unspecified atom stereocenters. The fourth-order valence-corrected chi connectivity index (χ4v) is 0. The summed E-state index contributed by atoms with van der Waals surface area (Å²) in [4.78, 5) is 0. The van der Waals surface area contributed by atoms with Crippen LogP contribution in [0.15, 0.2) is 0 Å². The van der Waals surface area contributed by atoms with Crippen LogP contribution in [0.1, 0.15) is 0 Å². The van der Waals surface area contributed by atoms with Crippen molar-refractivity contribution in [2.24, 2.45) is 0 Å². The van der Waals surface area contributed by atoms with E-state index in [0.717, 1.165) is 0 Å². The van der Waals surface area contributed by atoms with Crippen molar-refractivity contribution in [3.05, 3.63) is 0 Å². The summed E-state index contributed by atoms with van der Waals surface area (Å²) in [5, 5.41) is 0. The van der Waals surface area contributed by atoms with Crippen molar-refractivity contribution in [2.75, 3.05) is 0 Å². The zero-order valence-electron chi connectivity index (χ0n) is 4.16. The zero-order valence-corrected chi connectivity index (χ0v) is 9.27. The molecule has 0 bridgehead atoms. The molecule has 0 atom stereocenters. The van der Waals surface area contributed by atoms with Gasteiger partial charge in [0.05, 0.1) is 0 Å². The molecule has 0 radical (unpaired) electrons. The predicted molar refractivity (Wildman–Crippen MR) is 12.9 cm³/mol. The zero-order chi connectivity index (χ0) is 9.00. The van der Waals surface area contributed by atoms with E-state index >= 15 is 0 Å². The summed E-state index contributed by atoms with van der Waals surface area (Å²) in [5.74, 6) is 0. The van der Waals surface area contributed by atoms with E-state index in [1.807, 2.05) is 0 Å². The molecule has 0 spiro atoms. The van der Waals surface area contributed by atoms with Crippen LogP contribution < -0.4 is 20.3 Å². The molecule has 0 saturated carbocycles. The van der Waals surface area contributed by atoms with Crippen LogP contribution in [0.25, 0.3) is 0 Å². The Kier molecular flexibility index (Phi) is 6.50. The first-order valence-electron chi connectivity index (χ1n) is 1.46. The van der Waals surface area contributed by atoms with Crippen LogP contribution >= 0.6 is 0 Å². The molecular formula is O8Sb2-6. The topological polar surface area (TPSA) is 172 Å². The molecule has 0 heterocycles. The van der Waals surface area contributed by atoms with Gasteiger partial charge >= 0.3 is 66.5 Å². The van der Waals surface area contributed by atoms with E-state index in [1.165, 1.54) is 0 Å². The van der Waals surface area contributed by atoms with Crippen LogP contribution in [0.5, 0.6) is 0 Å². The van der Waals surface area contributed by atoms with E-state index in [1.54, 1.807) is 0 Å². The molecule has 0 aliphatic rings. The second kappa shape index (κ2) is 4.79. The van der Waals surface area contributed by atoms with Crippen molar-refractivity contribution in [1.29, 1.82) is 0 Å². The van der Waals surface area contributed by atoms with E-state index in [4.69, 9.17) is 26.3 Å². The van der Waals surface area contributed by atoms with Crippen molar-refractivity contribution in [3.63, 3.8) is 0 Å². The fourth-order valence-electron chi connectivity index (χ4n) is 0. The summed E-state index contributed by atoms with van der Waals surface area (Å²) in [5.41, 5.74) is 0. The molecule has 0 aromatic heterocycles. The first-order valence-corrected chi connectivity index (χ1v) is 9.80. The van der Waals surface area contributed by atoms with Crippen molar-refractivity contribution in [2.45, 2.75) is 0 Å². The van der Waals surface area contributed by atoms with Crippen molar-refractivity contribution >= 4 is 40.1 Å². The molecule has 0 aromatic rings. The average Bonchev–Trinajstić information content (AvgIpc) is 1.12. The van der Waals surface area contributed by atoms with E-state index in [9.17, 15) is 0 Å². The maximum absolute atomic E-state index is 8.64. The van der Waals surface area contributed by atoms with Crippen LogP contribution in [0.2, 0.25) is 0 Å². The van der Waals surface area contributed by atoms with Gasteiger partial charge in [0.2, 0.25) is 0 Å². The quantitative estimate of drug-likeness (QED) is 0.377. The predicted octanol–water partition coefficient (Wildman–Crippen LogP) is -8.13. The van der Waals surface area contributed by atoms with E-state index in [0.29, 0.717) is 0 Å². The van der Waals surface area contributed by atoms with Crippen LogP contribution in [-0.2, 0) is 6.03 Å². The molecule has 0 amide bonds. The Morgan fingerprint density at radius 2 is 0.600 bits per heavy atom. The molecule has 8 nitrogen and oxygen atoms in total. The number of hydrogen-bond acceptors (Lipinski definition) is 8. The third-order valence-corrected chi connectivity index (χ3v) is 0. The Labute approximate surface area is 66.1 Å². The molecule has 0 N–H and O–H groups in total. The molecular weight excluding hydrogens is 372 g/mol. The molecule has 0 rings (SSSR count). The maximum atomic E-state index is 8.64. The van der Waals surface area contributed by atoms with E-state index in [-0.39, 0.29) is 0 Å². The van der Waals surface area contributed by atoms with Gasteiger partial charge in [-0.25, -0.2) is 0 Å². The van der Waals surface area contributed by atoms with Gasteiger partial charge in [0.1, 0.15) is 0 Å². The summed E-state index contributed by atoms with van der Waals surface area (Å²) < 4.78 is 69.1. The van der Waals surface area contributed by atoms with Crippen LogP contribution in [-0.4, -0.2) is 40.1 Å². The first-order chi connectivity index (χ1) is 4.00. The van der Waals surface area contributed by atoms with Gasteiger partial charge in [0.25, 0.3) is 0 Å². The van der Waals surface area contributed by atoms with Gasteiger partial charge in [-0.15, -0.1) is 0 Å². The van der Waals surface area contributed by atoms with E-state index in [2.05, 4.69) is 0 Å². The summed E-state index contributed by atoms with van der Waals surface area (Å²) in [6.45, 7) is 0. The Balaban J connectivity index is 0. The van der Waals surface area contributed by atoms with Gasteiger partial charge in [0, 0.05) is 0 Å². The molecule has 10 heavy (non-hydrogen) atoms. The molecule has 64 valence electrons. The summed E-state index contributed by atoms with van der Waals surface area (Å²) in [6, 6.07) is 0. The van der Waals surface area contributed by atoms with Crippen molar-refractivity contribution < 1.29 is 26.3 Å². The summed E-state index contributed by atoms with van der Waals surface area (Å²) in [7, 11) is 0. The average molecular weight is 372 g/mol. The fraction of sp³-hybridized carbons (Fsp3) is 0. The Hall–Kier alpha value is 0.996. The summed E-state index contributed by atoms with van der Waals surface area (Å²) >= 11 is -12.2. The van der Waals surface area contributed by atoms with Crippen molar-refractivity contribution in [1.82, 2.24) is 0 Å². The molecule has 10 heteroatoms. The van der Waals surface area contributed by atoms with Gasteiger partial charge in [-0.05, 0) is 0 Å². The number of hydrogen-bond donors (Lipinski definition) is 0. The first kappa shape index (κ1) is 13.6. The third kappa shape index (κ3) is 579. The molecule has 0 aromatic carbocycles. The van der Waals surface area contributed by atoms with Crippen LogP contribution in [0.4, 0.5) is 0 Å². The van der Waals surface area contributed by atoms with Gasteiger partial charge in [-0.3, -0.25) is 0 Å². The van der Waals surface area contributed by atoms with Gasteiger partial charge < -0.3 is 0 Å². The van der Waals surface area contributed by atoms with Crippen LogP contribution in [0.3, 0.4) is 0 Å². The van der Waals surface area contributed by atoms with Crippen LogP contribution in [0, 0.1) is 0 Å². The Morgan fingerprint density at radius 1 is 0.600 bits per heavy atom. The van der Waals surface area contributed by atoms with E-state index < -0.39 is 40.1 Å². The normalized spacial score (nSPS) is 11.8. The molecule has 0 aliphatic carbocycles. The van der Waals surface area contributed by atoms with Gasteiger partial charge in [0.15, 0.2) is 0 Å². The number of rotatable bonds is 0. The van der Waals surface area contributed by atoms with Gasteiger partial charge in [-0.1, -0.05) is 0 Å².